The maximum atomic E-state index is 11.8. The zero-order valence-corrected chi connectivity index (χ0v) is 26.4. The first-order chi connectivity index (χ1) is 20.4. The van der Waals surface area contributed by atoms with E-state index in [1.807, 2.05) is 67.1 Å². The van der Waals surface area contributed by atoms with Crippen LogP contribution in [0.5, 0.6) is 0 Å². The van der Waals surface area contributed by atoms with Crippen molar-refractivity contribution in [3.8, 4) is 21.7 Å². The van der Waals surface area contributed by atoms with Gasteiger partial charge in [-0.25, -0.2) is 4.98 Å². The Kier molecular flexibility index (Phi) is 8.69. The molecule has 0 saturated carbocycles. The van der Waals surface area contributed by atoms with Gasteiger partial charge in [-0.2, -0.15) is 5.10 Å². The zero-order valence-electron chi connectivity index (χ0n) is 24.9. The molecule has 0 unspecified atom stereocenters. The third-order valence-electron chi connectivity index (χ3n) is 6.83. The maximum Gasteiger partial charge on any atom is 0.307 e. The fraction of sp³-hybridized carbons (Fsp3) is 0.229. The Morgan fingerprint density at radius 2 is 1.60 bits per heavy atom. The molecule has 2 aromatic heterocycles. The Morgan fingerprint density at radius 3 is 2.26 bits per heavy atom. The Labute approximate surface area is 260 Å². The monoisotopic (exact) mass is 611 g/mol. The van der Waals surface area contributed by atoms with Gasteiger partial charge in [0.1, 0.15) is 5.01 Å². The molecule has 0 atom stereocenters. The summed E-state index contributed by atoms with van der Waals surface area (Å²) in [7, 11) is 0. The van der Waals surface area contributed by atoms with Crippen molar-refractivity contribution in [1.29, 1.82) is 0 Å². The zero-order chi connectivity index (χ0) is 30.9. The van der Waals surface area contributed by atoms with Crippen molar-refractivity contribution < 1.29 is 15.0 Å². The van der Waals surface area contributed by atoms with E-state index in [2.05, 4.69) is 30.3 Å². The summed E-state index contributed by atoms with van der Waals surface area (Å²) >= 11 is 7.74. The van der Waals surface area contributed by atoms with E-state index >= 15 is 0 Å². The fourth-order valence-electron chi connectivity index (χ4n) is 5.01. The van der Waals surface area contributed by atoms with Crippen LogP contribution in [0.1, 0.15) is 43.2 Å². The van der Waals surface area contributed by atoms with Crippen molar-refractivity contribution in [3.05, 3.63) is 106 Å². The average Bonchev–Trinajstić information content (AvgIpc) is 3.49. The lowest BCUT2D eigenvalue weighted by molar-refractivity contribution is -0.136. The number of hydrogen-bond donors (Lipinski definition) is 2. The molecule has 0 aliphatic heterocycles. The molecule has 6 nitrogen and oxygen atoms in total. The maximum absolute atomic E-state index is 11.8. The molecule has 0 saturated heterocycles. The van der Waals surface area contributed by atoms with Gasteiger partial charge in [0.15, 0.2) is 0 Å². The van der Waals surface area contributed by atoms with E-state index in [0.29, 0.717) is 11.6 Å². The molecular weight excluding hydrogens is 578 g/mol. The van der Waals surface area contributed by atoms with Gasteiger partial charge in [-0.1, -0.05) is 54.1 Å². The summed E-state index contributed by atoms with van der Waals surface area (Å²) in [5, 5.41) is 25.6. The lowest BCUT2D eigenvalue weighted by Gasteiger charge is -2.13. The number of halogens is 1. The minimum Gasteiger partial charge on any atom is -0.481 e. The van der Waals surface area contributed by atoms with Crippen molar-refractivity contribution in [2.75, 3.05) is 0 Å². The van der Waals surface area contributed by atoms with Crippen molar-refractivity contribution in [1.82, 2.24) is 14.8 Å². The summed E-state index contributed by atoms with van der Waals surface area (Å²) in [5.41, 5.74) is 8.19. The standard InChI is InChI=1S/C31H24ClN3O2S.C4H10O/c1-18-14-26-30(29(24(18)16-28(36)37)21-8-11-23(32)12-9-21)38-31(33-26)22-10-13-27-25(15-22)19(2)34-35(27)17-20-6-4-3-5-7-20;1-4(2,3)5/h3-15H,16-17H2,1-2H3,(H,36,37);5H,1-3H3. The number of nitrogens with zero attached hydrogens (tertiary/aromatic N) is 3. The average molecular weight is 612 g/mol. The van der Waals surface area contributed by atoms with Gasteiger partial charge in [-0.3, -0.25) is 9.48 Å². The number of carbonyl (C=O) groups is 1. The number of fused-ring (bicyclic) bond motifs is 2. The Balaban J connectivity index is 0.000000682. The van der Waals surface area contributed by atoms with E-state index in [9.17, 15) is 9.90 Å². The van der Waals surface area contributed by atoms with Crippen LogP contribution in [-0.4, -0.2) is 36.5 Å². The quantitative estimate of drug-likeness (QED) is 0.197. The van der Waals surface area contributed by atoms with Crippen molar-refractivity contribution in [2.24, 2.45) is 0 Å². The molecular formula is C35H34ClN3O3S. The molecule has 220 valence electrons. The van der Waals surface area contributed by atoms with Gasteiger partial charge in [0, 0.05) is 21.5 Å². The topological polar surface area (TPSA) is 88.2 Å². The van der Waals surface area contributed by atoms with E-state index in [1.54, 1.807) is 32.1 Å². The fourth-order valence-corrected chi connectivity index (χ4v) is 6.27. The van der Waals surface area contributed by atoms with E-state index in [1.165, 1.54) is 5.56 Å². The minimum atomic E-state index is -0.860. The summed E-state index contributed by atoms with van der Waals surface area (Å²) in [6, 6.07) is 26.2. The first kappa shape index (κ1) is 30.4. The van der Waals surface area contributed by atoms with Crippen LogP contribution in [0, 0.1) is 13.8 Å². The molecule has 0 fully saturated rings. The smallest absolute Gasteiger partial charge is 0.307 e. The van der Waals surface area contributed by atoms with Crippen molar-refractivity contribution in [2.45, 2.75) is 53.2 Å². The molecule has 0 radical (unpaired) electrons. The lowest BCUT2D eigenvalue weighted by atomic mass is 9.93. The first-order valence-electron chi connectivity index (χ1n) is 14.0. The summed E-state index contributed by atoms with van der Waals surface area (Å²) in [4.78, 5) is 16.8. The summed E-state index contributed by atoms with van der Waals surface area (Å²) in [6.07, 6.45) is -0.0568. The number of hydrogen-bond acceptors (Lipinski definition) is 5. The molecule has 6 rings (SSSR count). The van der Waals surface area contributed by atoms with Crippen LogP contribution in [0.3, 0.4) is 0 Å². The normalized spacial score (nSPS) is 11.5. The van der Waals surface area contributed by atoms with Gasteiger partial charge in [0.25, 0.3) is 0 Å². The summed E-state index contributed by atoms with van der Waals surface area (Å²) < 4.78 is 3.02. The van der Waals surface area contributed by atoms with Crippen LogP contribution in [0.25, 0.3) is 42.8 Å². The highest BCUT2D eigenvalue weighted by molar-refractivity contribution is 7.22. The van der Waals surface area contributed by atoms with Crippen LogP contribution in [-0.2, 0) is 17.8 Å². The summed E-state index contributed by atoms with van der Waals surface area (Å²) in [6.45, 7) is 9.92. The van der Waals surface area contributed by atoms with E-state index in [4.69, 9.17) is 26.8 Å². The second-order valence-corrected chi connectivity index (χ2v) is 13.1. The molecule has 0 aliphatic carbocycles. The SMILES string of the molecule is CC(C)(C)O.Cc1cc2nc(-c3ccc4c(c3)c(C)nn4Cc3ccccc3)sc2c(-c2ccc(Cl)cc2)c1CC(=O)O. The number of benzene rings is 4. The molecule has 6 aromatic rings. The number of carboxylic acids is 1. The molecule has 0 amide bonds. The molecule has 0 bridgehead atoms. The highest BCUT2D eigenvalue weighted by atomic mass is 35.5. The van der Waals surface area contributed by atoms with Gasteiger partial charge < -0.3 is 10.2 Å². The third kappa shape index (κ3) is 7.13. The predicted octanol–water partition coefficient (Wildman–Crippen LogP) is 8.70. The van der Waals surface area contributed by atoms with Gasteiger partial charge in [0.05, 0.1) is 40.0 Å². The van der Waals surface area contributed by atoms with Crippen LogP contribution >= 0.6 is 22.9 Å². The van der Waals surface area contributed by atoms with Crippen LogP contribution < -0.4 is 0 Å². The van der Waals surface area contributed by atoms with Crippen molar-refractivity contribution >= 4 is 50.0 Å². The van der Waals surface area contributed by atoms with Gasteiger partial charge in [-0.15, -0.1) is 11.3 Å². The van der Waals surface area contributed by atoms with Crippen molar-refractivity contribution in [3.63, 3.8) is 0 Å². The number of aliphatic hydroxyl groups is 1. The summed E-state index contributed by atoms with van der Waals surface area (Å²) in [5.74, 6) is -0.860. The highest BCUT2D eigenvalue weighted by Gasteiger charge is 2.20. The Morgan fingerprint density at radius 1 is 0.953 bits per heavy atom. The largest absolute Gasteiger partial charge is 0.481 e. The molecule has 2 N–H and O–H groups in total. The molecule has 0 spiro atoms. The van der Waals surface area contributed by atoms with E-state index in [0.717, 1.165) is 59.6 Å². The van der Waals surface area contributed by atoms with E-state index in [-0.39, 0.29) is 6.42 Å². The number of thiazole rings is 1. The van der Waals surface area contributed by atoms with Crippen LogP contribution in [0.4, 0.5) is 0 Å². The number of aromatic nitrogens is 3. The molecule has 8 heteroatoms. The van der Waals surface area contributed by atoms with Crippen LogP contribution in [0.2, 0.25) is 5.02 Å². The Hall–Kier alpha value is -4.04. The number of carboxylic acid groups (broad SMARTS) is 1. The predicted molar refractivity (Wildman–Crippen MR) is 177 cm³/mol. The van der Waals surface area contributed by atoms with Gasteiger partial charge >= 0.3 is 5.97 Å². The first-order valence-corrected chi connectivity index (χ1v) is 15.2. The highest BCUT2D eigenvalue weighted by Crippen LogP contribution is 2.41. The minimum absolute atomic E-state index is 0.0568. The number of aliphatic carboxylic acids is 1. The van der Waals surface area contributed by atoms with Gasteiger partial charge in [-0.05, 0) is 93.3 Å². The molecule has 4 aromatic carbocycles. The van der Waals surface area contributed by atoms with E-state index < -0.39 is 11.6 Å². The number of rotatable bonds is 6. The Bertz CT molecular complexity index is 1910. The number of aryl methyl sites for hydroxylation is 2. The van der Waals surface area contributed by atoms with Gasteiger partial charge in [0.2, 0.25) is 0 Å². The lowest BCUT2D eigenvalue weighted by Crippen LogP contribution is -2.10. The molecule has 43 heavy (non-hydrogen) atoms. The molecule has 0 aliphatic rings. The second-order valence-electron chi connectivity index (χ2n) is 11.6. The second kappa shape index (κ2) is 12.3. The third-order valence-corrected chi connectivity index (χ3v) is 8.22. The molecule has 2 heterocycles. The van der Waals surface area contributed by atoms with Crippen LogP contribution in [0.15, 0.2) is 78.9 Å².